The second-order valence-electron chi connectivity index (χ2n) is 6.76. The number of alkyl halides is 3. The Morgan fingerprint density at radius 3 is 2.69 bits per heavy atom. The van der Waals surface area contributed by atoms with Crippen LogP contribution < -0.4 is 5.32 Å². The highest BCUT2D eigenvalue weighted by molar-refractivity contribution is 7.99. The first-order chi connectivity index (χ1) is 11.9. The number of nitrogens with zero attached hydrogens (tertiary/aromatic N) is 1. The van der Waals surface area contributed by atoms with Crippen molar-refractivity contribution in [1.29, 1.82) is 0 Å². The summed E-state index contributed by atoms with van der Waals surface area (Å²) in [7, 11) is 0. The summed E-state index contributed by atoms with van der Waals surface area (Å²) in [5.74, 6) is 1.99. The number of thioether (sulfide) groups is 1. The van der Waals surface area contributed by atoms with Crippen LogP contribution in [0.15, 0.2) is 24.3 Å². The number of hydrogen-bond acceptors (Lipinski definition) is 3. The van der Waals surface area contributed by atoms with Crippen LogP contribution in [0.2, 0.25) is 0 Å². The van der Waals surface area contributed by atoms with E-state index in [4.69, 9.17) is 0 Å². The minimum atomic E-state index is -4.37. The maximum absolute atomic E-state index is 13.0. The first-order valence-corrected chi connectivity index (χ1v) is 9.81. The average molecular weight is 409 g/mol. The lowest BCUT2D eigenvalue weighted by atomic mass is 10.0. The van der Waals surface area contributed by atoms with Crippen LogP contribution in [0.5, 0.6) is 0 Å². The van der Waals surface area contributed by atoms with Crippen molar-refractivity contribution < 1.29 is 18.0 Å². The molecule has 146 valence electrons. The van der Waals surface area contributed by atoms with Crippen LogP contribution in [0, 0.1) is 0 Å². The molecular formula is C18H24ClF3N2OS. The van der Waals surface area contributed by atoms with Gasteiger partial charge in [0, 0.05) is 36.6 Å². The van der Waals surface area contributed by atoms with Crippen LogP contribution in [0.3, 0.4) is 0 Å². The van der Waals surface area contributed by atoms with Gasteiger partial charge in [0.15, 0.2) is 0 Å². The predicted octanol–water partition coefficient (Wildman–Crippen LogP) is 4.27. The highest BCUT2D eigenvalue weighted by atomic mass is 35.5. The van der Waals surface area contributed by atoms with E-state index in [-0.39, 0.29) is 36.4 Å². The van der Waals surface area contributed by atoms with E-state index in [9.17, 15) is 18.0 Å². The maximum Gasteiger partial charge on any atom is 0.416 e. The largest absolute Gasteiger partial charge is 0.416 e. The van der Waals surface area contributed by atoms with E-state index in [1.165, 1.54) is 12.1 Å². The molecule has 1 aliphatic heterocycles. The smallest absolute Gasteiger partial charge is 0.333 e. The molecule has 2 fully saturated rings. The number of amides is 1. The third kappa shape index (κ3) is 5.30. The Morgan fingerprint density at radius 1 is 1.38 bits per heavy atom. The van der Waals surface area contributed by atoms with Crippen molar-refractivity contribution in [2.24, 2.45) is 0 Å². The SMILES string of the molecule is CC(c1cccc(C(F)(F)F)c1)N(C(=O)CC1CSCCN1)C1CC1.Cl. The van der Waals surface area contributed by atoms with Crippen LogP contribution in [0.4, 0.5) is 13.2 Å². The van der Waals surface area contributed by atoms with Crippen molar-refractivity contribution in [3.63, 3.8) is 0 Å². The number of hydrogen-bond donors (Lipinski definition) is 1. The summed E-state index contributed by atoms with van der Waals surface area (Å²) >= 11 is 1.83. The number of carbonyl (C=O) groups is 1. The number of nitrogens with one attached hydrogen (secondary N) is 1. The molecule has 0 aromatic heterocycles. The van der Waals surface area contributed by atoms with Crippen molar-refractivity contribution in [2.45, 2.75) is 50.5 Å². The van der Waals surface area contributed by atoms with E-state index >= 15 is 0 Å². The fourth-order valence-corrected chi connectivity index (χ4v) is 4.24. The summed E-state index contributed by atoms with van der Waals surface area (Å²) in [6.07, 6.45) is -2.09. The zero-order valence-corrected chi connectivity index (χ0v) is 16.2. The van der Waals surface area contributed by atoms with E-state index in [2.05, 4.69) is 5.32 Å². The minimum absolute atomic E-state index is 0. The van der Waals surface area contributed by atoms with Crippen LogP contribution >= 0.6 is 24.2 Å². The van der Waals surface area contributed by atoms with E-state index in [1.54, 1.807) is 11.0 Å². The number of rotatable bonds is 5. The molecule has 8 heteroatoms. The molecule has 1 heterocycles. The molecule has 0 bridgehead atoms. The fourth-order valence-electron chi connectivity index (χ4n) is 3.29. The second kappa shape index (κ2) is 8.85. The van der Waals surface area contributed by atoms with E-state index in [1.807, 2.05) is 18.7 Å². The molecule has 1 amide bonds. The quantitative estimate of drug-likeness (QED) is 0.789. The summed E-state index contributed by atoms with van der Waals surface area (Å²) in [5, 5.41) is 3.35. The molecule has 1 N–H and O–H groups in total. The molecule has 0 spiro atoms. The van der Waals surface area contributed by atoms with E-state index in [0.29, 0.717) is 12.0 Å². The second-order valence-corrected chi connectivity index (χ2v) is 7.91. The molecule has 2 unspecified atom stereocenters. The summed E-state index contributed by atoms with van der Waals surface area (Å²) in [4.78, 5) is 14.6. The summed E-state index contributed by atoms with van der Waals surface area (Å²) in [5.41, 5.74) is -0.119. The molecule has 1 saturated heterocycles. The van der Waals surface area contributed by atoms with Gasteiger partial charge in [0.2, 0.25) is 5.91 Å². The van der Waals surface area contributed by atoms with Crippen molar-refractivity contribution in [3.05, 3.63) is 35.4 Å². The molecule has 1 saturated carbocycles. The van der Waals surface area contributed by atoms with Gasteiger partial charge >= 0.3 is 6.18 Å². The van der Waals surface area contributed by atoms with E-state index < -0.39 is 11.7 Å². The summed E-state index contributed by atoms with van der Waals surface area (Å²) < 4.78 is 38.9. The molecule has 3 nitrogen and oxygen atoms in total. The molecule has 3 rings (SSSR count). The number of carbonyl (C=O) groups excluding carboxylic acids is 1. The topological polar surface area (TPSA) is 32.3 Å². The normalized spacial score (nSPS) is 21.6. The molecule has 26 heavy (non-hydrogen) atoms. The van der Waals surface area contributed by atoms with Gasteiger partial charge in [0.05, 0.1) is 11.6 Å². The Bertz CT molecular complexity index is 619. The zero-order valence-electron chi connectivity index (χ0n) is 14.6. The Balaban J connectivity index is 0.00000243. The van der Waals surface area contributed by atoms with Gasteiger partial charge < -0.3 is 10.2 Å². The van der Waals surface area contributed by atoms with Gasteiger partial charge in [-0.25, -0.2) is 0 Å². The molecule has 1 aromatic rings. The van der Waals surface area contributed by atoms with Crippen LogP contribution in [-0.2, 0) is 11.0 Å². The van der Waals surface area contributed by atoms with Gasteiger partial charge in [-0.2, -0.15) is 24.9 Å². The highest BCUT2D eigenvalue weighted by Gasteiger charge is 2.38. The lowest BCUT2D eigenvalue weighted by molar-refractivity contribution is -0.137. The Hall–Kier alpha value is -0.920. The predicted molar refractivity (Wildman–Crippen MR) is 101 cm³/mol. The molecule has 1 aromatic carbocycles. The van der Waals surface area contributed by atoms with Crippen molar-refractivity contribution in [2.75, 3.05) is 18.1 Å². The van der Waals surface area contributed by atoms with Gasteiger partial charge in [-0.05, 0) is 37.5 Å². The molecular weight excluding hydrogens is 385 g/mol. The van der Waals surface area contributed by atoms with Crippen LogP contribution in [0.1, 0.15) is 43.4 Å². The first kappa shape index (κ1) is 21.4. The third-order valence-corrected chi connectivity index (χ3v) is 5.89. The van der Waals surface area contributed by atoms with Crippen LogP contribution in [0.25, 0.3) is 0 Å². The minimum Gasteiger partial charge on any atom is -0.333 e. The Kier molecular flexibility index (Phi) is 7.27. The lowest BCUT2D eigenvalue weighted by Crippen LogP contribution is -2.44. The summed E-state index contributed by atoms with van der Waals surface area (Å²) in [6.45, 7) is 2.73. The zero-order chi connectivity index (χ0) is 18.0. The highest BCUT2D eigenvalue weighted by Crippen LogP contribution is 2.37. The van der Waals surface area contributed by atoms with Gasteiger partial charge in [-0.15, -0.1) is 12.4 Å². The first-order valence-electron chi connectivity index (χ1n) is 8.65. The summed E-state index contributed by atoms with van der Waals surface area (Å²) in [6, 6.07) is 5.30. The molecule has 2 atom stereocenters. The van der Waals surface area contributed by atoms with Crippen LogP contribution in [-0.4, -0.2) is 40.9 Å². The number of halogens is 4. The van der Waals surface area contributed by atoms with Gasteiger partial charge in [-0.1, -0.05) is 12.1 Å². The van der Waals surface area contributed by atoms with Gasteiger partial charge in [0.25, 0.3) is 0 Å². The van der Waals surface area contributed by atoms with Crippen molar-refractivity contribution in [1.82, 2.24) is 10.2 Å². The van der Waals surface area contributed by atoms with E-state index in [0.717, 1.165) is 37.0 Å². The standard InChI is InChI=1S/C18H23F3N2OS.ClH/c1-12(13-3-2-4-14(9-13)18(19,20)21)23(16-5-6-16)17(24)10-15-11-25-8-7-22-15;/h2-4,9,12,15-16,22H,5-8,10-11H2,1H3;1H. The number of benzene rings is 1. The average Bonchev–Trinajstić information content (AvgIpc) is 3.40. The van der Waals surface area contributed by atoms with Crippen molar-refractivity contribution in [3.8, 4) is 0 Å². The Morgan fingerprint density at radius 2 is 2.12 bits per heavy atom. The van der Waals surface area contributed by atoms with Gasteiger partial charge in [0.1, 0.15) is 0 Å². The molecule has 1 aliphatic carbocycles. The fraction of sp³-hybridized carbons (Fsp3) is 0.611. The lowest BCUT2D eigenvalue weighted by Gasteiger charge is -2.32. The third-order valence-electron chi connectivity index (χ3n) is 4.76. The maximum atomic E-state index is 13.0. The Labute approximate surface area is 162 Å². The van der Waals surface area contributed by atoms with Crippen molar-refractivity contribution >= 4 is 30.1 Å². The monoisotopic (exact) mass is 408 g/mol. The molecule has 0 radical (unpaired) electrons. The van der Waals surface area contributed by atoms with Gasteiger partial charge in [-0.3, -0.25) is 4.79 Å². The molecule has 2 aliphatic rings.